The van der Waals surface area contributed by atoms with Gasteiger partial charge in [-0.1, -0.05) is 18.2 Å². The number of fused-ring (bicyclic) bond motifs is 1. The fraction of sp³-hybridized carbons (Fsp3) is 0.444. The predicted octanol–water partition coefficient (Wildman–Crippen LogP) is 2.37. The Balaban J connectivity index is 1.92. The lowest BCUT2D eigenvalue weighted by Crippen LogP contribution is -2.51. The molecule has 22 heavy (non-hydrogen) atoms. The average molecular weight is 299 g/mol. The van der Waals surface area contributed by atoms with Gasteiger partial charge in [-0.2, -0.15) is 0 Å². The Bertz CT molecular complexity index is 679. The molecule has 2 aliphatic heterocycles. The first-order valence-corrected chi connectivity index (χ1v) is 7.76. The van der Waals surface area contributed by atoms with E-state index in [1.165, 1.54) is 16.7 Å². The molecule has 0 bridgehead atoms. The molecule has 2 atom stereocenters. The molecule has 116 valence electrons. The van der Waals surface area contributed by atoms with Crippen molar-refractivity contribution in [3.05, 3.63) is 47.1 Å². The van der Waals surface area contributed by atoms with Crippen LogP contribution >= 0.6 is 0 Å². The predicted molar refractivity (Wildman–Crippen MR) is 84.3 cm³/mol. The largest absolute Gasteiger partial charge is 0.504 e. The van der Waals surface area contributed by atoms with E-state index >= 15 is 0 Å². The highest BCUT2D eigenvalue weighted by Crippen LogP contribution is 2.52. The third-order valence-electron chi connectivity index (χ3n) is 5.34. The summed E-state index contributed by atoms with van der Waals surface area (Å²) in [4.78, 5) is 2.52. The van der Waals surface area contributed by atoms with Gasteiger partial charge in [-0.05, 0) is 35.3 Å². The average Bonchev–Trinajstić information content (AvgIpc) is 2.92. The normalized spacial score (nSPS) is 29.5. The Morgan fingerprint density at radius 2 is 2.18 bits per heavy atom. The molecule has 1 spiro atoms. The molecule has 0 fully saturated rings. The molecule has 0 radical (unpaired) electrons. The highest BCUT2D eigenvalue weighted by molar-refractivity contribution is 5.57. The van der Waals surface area contributed by atoms with E-state index in [2.05, 4.69) is 23.1 Å². The molecule has 1 N–H and O–H groups in total. The smallest absolute Gasteiger partial charge is 0.160 e. The number of phenolic OH excluding ortho intramolecular Hbond substituents is 1. The lowest BCUT2D eigenvalue weighted by atomic mass is 9.71. The molecule has 2 heterocycles. The first-order chi connectivity index (χ1) is 10.7. The van der Waals surface area contributed by atoms with Gasteiger partial charge < -0.3 is 14.6 Å². The lowest BCUT2D eigenvalue weighted by molar-refractivity contribution is 0.0513. The molecule has 1 aromatic carbocycles. The molecule has 3 aliphatic rings. The molecule has 0 saturated heterocycles. The molecule has 0 saturated carbocycles. The van der Waals surface area contributed by atoms with E-state index in [4.69, 9.17) is 9.47 Å². The van der Waals surface area contributed by atoms with Crippen LogP contribution in [0.3, 0.4) is 0 Å². The standard InChI is InChI=1S/C18H21NO3/c1-21-14-4-3-13-6-8-19-7-5-12-9-16(20)17(22-2)10-15(12)18(13,19)11-14/h3-4,6,9-10,14,20H,5,7-8,11H2,1-2H3/t14-,18+/m0/s1. The molecular weight excluding hydrogens is 278 g/mol. The summed E-state index contributed by atoms with van der Waals surface area (Å²) in [5, 5.41) is 10.1. The molecule has 0 amide bonds. The molecule has 4 heteroatoms. The van der Waals surface area contributed by atoms with Crippen LogP contribution in [0.15, 0.2) is 35.9 Å². The van der Waals surface area contributed by atoms with Crippen LogP contribution in [0.5, 0.6) is 11.5 Å². The maximum Gasteiger partial charge on any atom is 0.160 e. The van der Waals surface area contributed by atoms with Crippen molar-refractivity contribution in [1.82, 2.24) is 4.90 Å². The number of rotatable bonds is 2. The summed E-state index contributed by atoms with van der Waals surface area (Å²) in [7, 11) is 3.37. The van der Waals surface area contributed by atoms with Crippen LogP contribution in [-0.2, 0) is 16.7 Å². The molecule has 0 unspecified atom stereocenters. The van der Waals surface area contributed by atoms with Gasteiger partial charge in [0.15, 0.2) is 11.5 Å². The summed E-state index contributed by atoms with van der Waals surface area (Å²) < 4.78 is 11.0. The first kappa shape index (κ1) is 13.9. The van der Waals surface area contributed by atoms with E-state index in [0.29, 0.717) is 5.75 Å². The second-order valence-electron chi connectivity index (χ2n) is 6.23. The van der Waals surface area contributed by atoms with E-state index in [-0.39, 0.29) is 17.4 Å². The Morgan fingerprint density at radius 1 is 1.32 bits per heavy atom. The zero-order valence-corrected chi connectivity index (χ0v) is 13.0. The Kier molecular flexibility index (Phi) is 3.06. The first-order valence-electron chi connectivity index (χ1n) is 7.76. The molecule has 4 nitrogen and oxygen atoms in total. The molecule has 1 aliphatic carbocycles. The summed E-state index contributed by atoms with van der Waals surface area (Å²) in [6.07, 6.45) is 8.64. The van der Waals surface area contributed by atoms with E-state index in [1.54, 1.807) is 14.2 Å². The van der Waals surface area contributed by atoms with Gasteiger partial charge >= 0.3 is 0 Å². The Labute approximate surface area is 130 Å². The molecule has 0 aromatic heterocycles. The van der Waals surface area contributed by atoms with Crippen LogP contribution in [0.25, 0.3) is 0 Å². The maximum absolute atomic E-state index is 10.1. The number of methoxy groups -OCH3 is 2. The van der Waals surface area contributed by atoms with E-state index in [9.17, 15) is 5.11 Å². The number of hydrogen-bond donors (Lipinski definition) is 1. The third-order valence-corrected chi connectivity index (χ3v) is 5.34. The second-order valence-corrected chi connectivity index (χ2v) is 6.23. The van der Waals surface area contributed by atoms with Gasteiger partial charge in [-0.25, -0.2) is 0 Å². The zero-order valence-electron chi connectivity index (χ0n) is 13.0. The Morgan fingerprint density at radius 3 is 2.95 bits per heavy atom. The number of nitrogens with zero attached hydrogens (tertiary/aromatic N) is 1. The van der Waals surface area contributed by atoms with Crippen molar-refractivity contribution in [2.24, 2.45) is 0 Å². The van der Waals surface area contributed by atoms with E-state index < -0.39 is 0 Å². The Hall–Kier alpha value is -1.78. The summed E-state index contributed by atoms with van der Waals surface area (Å²) in [5.41, 5.74) is 3.68. The lowest BCUT2D eigenvalue weighted by Gasteiger charge is -2.48. The second kappa shape index (κ2) is 4.86. The van der Waals surface area contributed by atoms with Gasteiger partial charge in [-0.15, -0.1) is 0 Å². The minimum Gasteiger partial charge on any atom is -0.504 e. The number of aromatic hydroxyl groups is 1. The minimum absolute atomic E-state index is 0.114. The number of phenols is 1. The molecule has 4 rings (SSSR count). The number of benzene rings is 1. The summed E-state index contributed by atoms with van der Waals surface area (Å²) in [6, 6.07) is 3.89. The van der Waals surface area contributed by atoms with Crippen molar-refractivity contribution in [2.45, 2.75) is 24.5 Å². The van der Waals surface area contributed by atoms with Crippen molar-refractivity contribution in [3.63, 3.8) is 0 Å². The summed E-state index contributed by atoms with van der Waals surface area (Å²) >= 11 is 0. The van der Waals surface area contributed by atoms with Crippen LogP contribution in [0.1, 0.15) is 17.5 Å². The van der Waals surface area contributed by atoms with Gasteiger partial charge in [0, 0.05) is 26.6 Å². The fourth-order valence-corrected chi connectivity index (χ4v) is 4.24. The van der Waals surface area contributed by atoms with Crippen molar-refractivity contribution < 1.29 is 14.6 Å². The van der Waals surface area contributed by atoms with Gasteiger partial charge in [0.2, 0.25) is 0 Å². The van der Waals surface area contributed by atoms with Gasteiger partial charge in [0.05, 0.1) is 18.8 Å². The van der Waals surface area contributed by atoms with Crippen LogP contribution in [-0.4, -0.2) is 43.4 Å². The van der Waals surface area contributed by atoms with Crippen LogP contribution in [0.2, 0.25) is 0 Å². The van der Waals surface area contributed by atoms with Crippen molar-refractivity contribution in [3.8, 4) is 11.5 Å². The van der Waals surface area contributed by atoms with E-state index in [1.807, 2.05) is 12.1 Å². The van der Waals surface area contributed by atoms with Crippen LogP contribution < -0.4 is 4.74 Å². The maximum atomic E-state index is 10.1. The molecule has 1 aromatic rings. The fourth-order valence-electron chi connectivity index (χ4n) is 4.24. The highest BCUT2D eigenvalue weighted by Gasteiger charge is 2.50. The van der Waals surface area contributed by atoms with Gasteiger partial charge in [0.1, 0.15) is 0 Å². The quantitative estimate of drug-likeness (QED) is 0.910. The zero-order chi connectivity index (χ0) is 15.3. The van der Waals surface area contributed by atoms with Crippen molar-refractivity contribution >= 4 is 0 Å². The highest BCUT2D eigenvalue weighted by atomic mass is 16.5. The molecular formula is C18H21NO3. The SMILES string of the molecule is COc1cc2c(cc1O)CCN1CC=C3C=C[C@H](OC)C[C@@]321. The third kappa shape index (κ3) is 1.71. The van der Waals surface area contributed by atoms with Crippen LogP contribution in [0.4, 0.5) is 0 Å². The number of ether oxygens (including phenoxy) is 2. The topological polar surface area (TPSA) is 41.9 Å². The van der Waals surface area contributed by atoms with Crippen LogP contribution in [0, 0.1) is 0 Å². The van der Waals surface area contributed by atoms with Gasteiger partial charge in [-0.3, -0.25) is 4.90 Å². The summed E-state index contributed by atoms with van der Waals surface area (Å²) in [6.45, 7) is 1.97. The van der Waals surface area contributed by atoms with Crippen molar-refractivity contribution in [1.29, 1.82) is 0 Å². The summed E-state index contributed by atoms with van der Waals surface area (Å²) in [5.74, 6) is 0.772. The van der Waals surface area contributed by atoms with E-state index in [0.717, 1.165) is 25.9 Å². The minimum atomic E-state index is -0.135. The van der Waals surface area contributed by atoms with Crippen molar-refractivity contribution in [2.75, 3.05) is 27.3 Å². The number of hydrogen-bond acceptors (Lipinski definition) is 4. The monoisotopic (exact) mass is 299 g/mol. The van der Waals surface area contributed by atoms with Gasteiger partial charge in [0.25, 0.3) is 0 Å².